The van der Waals surface area contributed by atoms with E-state index in [9.17, 15) is 4.79 Å². The number of nitrogens with zero attached hydrogens (tertiary/aromatic N) is 1. The molecule has 1 fully saturated rings. The number of hydrogen-bond donors (Lipinski definition) is 1. The van der Waals surface area contributed by atoms with E-state index < -0.39 is 0 Å². The largest absolute Gasteiger partial charge is 0.451 e. The van der Waals surface area contributed by atoms with Crippen LogP contribution in [-0.2, 0) is 17.8 Å². The fourth-order valence-corrected chi connectivity index (χ4v) is 3.97. The van der Waals surface area contributed by atoms with E-state index in [0.29, 0.717) is 22.9 Å². The van der Waals surface area contributed by atoms with Gasteiger partial charge in [0.1, 0.15) is 5.58 Å². The van der Waals surface area contributed by atoms with Gasteiger partial charge in [-0.15, -0.1) is 0 Å². The van der Waals surface area contributed by atoms with Crippen molar-refractivity contribution in [1.29, 1.82) is 0 Å². The van der Waals surface area contributed by atoms with Gasteiger partial charge in [-0.05, 0) is 43.2 Å². The quantitative estimate of drug-likeness (QED) is 0.668. The van der Waals surface area contributed by atoms with E-state index in [-0.39, 0.29) is 12.0 Å². The van der Waals surface area contributed by atoms with E-state index in [1.165, 1.54) is 5.56 Å². The van der Waals surface area contributed by atoms with Crippen molar-refractivity contribution >= 4 is 28.5 Å². The van der Waals surface area contributed by atoms with E-state index >= 15 is 0 Å². The zero-order valence-corrected chi connectivity index (χ0v) is 17.5. The average Bonchev–Trinajstić information content (AvgIpc) is 3.03. The molecule has 1 N–H and O–H groups in total. The van der Waals surface area contributed by atoms with Gasteiger partial charge >= 0.3 is 0 Å². The zero-order chi connectivity index (χ0) is 20.4. The van der Waals surface area contributed by atoms with Crippen LogP contribution in [0.2, 0.25) is 5.02 Å². The van der Waals surface area contributed by atoms with Gasteiger partial charge < -0.3 is 14.5 Å². The van der Waals surface area contributed by atoms with Crippen molar-refractivity contribution in [2.75, 3.05) is 19.7 Å². The molecule has 1 unspecified atom stereocenters. The summed E-state index contributed by atoms with van der Waals surface area (Å²) in [5.74, 6) is 0.114. The van der Waals surface area contributed by atoms with Crippen LogP contribution in [-0.4, -0.2) is 36.6 Å². The van der Waals surface area contributed by atoms with Gasteiger partial charge in [-0.25, -0.2) is 0 Å². The van der Waals surface area contributed by atoms with Crippen molar-refractivity contribution in [3.05, 3.63) is 69.9 Å². The molecule has 0 saturated carbocycles. The highest BCUT2D eigenvalue weighted by atomic mass is 35.5. The second-order valence-corrected chi connectivity index (χ2v) is 8.05. The minimum atomic E-state index is -0.220. The van der Waals surface area contributed by atoms with Crippen LogP contribution in [0, 0.1) is 6.92 Å². The molecule has 4 rings (SSSR count). The molecule has 1 saturated heterocycles. The van der Waals surface area contributed by atoms with Gasteiger partial charge in [0.25, 0.3) is 5.91 Å². The highest BCUT2D eigenvalue weighted by Crippen LogP contribution is 2.27. The lowest BCUT2D eigenvalue weighted by molar-refractivity contribution is -0.0212. The van der Waals surface area contributed by atoms with Gasteiger partial charge in [0.15, 0.2) is 5.76 Å². The maximum atomic E-state index is 12.7. The molecule has 152 valence electrons. The molecule has 5 nitrogen and oxygen atoms in total. The smallest absolute Gasteiger partial charge is 0.287 e. The molecule has 2 heterocycles. The average molecular weight is 413 g/mol. The van der Waals surface area contributed by atoms with Crippen LogP contribution in [0.1, 0.15) is 34.2 Å². The summed E-state index contributed by atoms with van der Waals surface area (Å²) in [6, 6.07) is 13.7. The molecule has 1 aliphatic heterocycles. The van der Waals surface area contributed by atoms with Crippen LogP contribution in [0.5, 0.6) is 0 Å². The standard InChI is InChI=1S/C23H25ClN2O3/c1-15-13-26(8-9-28-15)14-18-5-3-4-17(10-18)12-25-23(27)22-16(2)20-11-19(24)6-7-21(20)29-22/h3-7,10-11,15H,8-9,12-14H2,1-2H3,(H,25,27). The molecule has 1 atom stereocenters. The van der Waals surface area contributed by atoms with Crippen LogP contribution >= 0.6 is 11.6 Å². The minimum Gasteiger partial charge on any atom is -0.451 e. The second kappa shape index (κ2) is 8.57. The second-order valence-electron chi connectivity index (χ2n) is 7.62. The summed E-state index contributed by atoms with van der Waals surface area (Å²) < 4.78 is 11.4. The number of aryl methyl sites for hydroxylation is 1. The van der Waals surface area contributed by atoms with E-state index in [0.717, 1.165) is 42.8 Å². The number of rotatable bonds is 5. The number of ether oxygens (including phenoxy) is 1. The van der Waals surface area contributed by atoms with Gasteiger partial charge in [-0.2, -0.15) is 0 Å². The van der Waals surface area contributed by atoms with Crippen molar-refractivity contribution in [2.24, 2.45) is 0 Å². The molecular weight excluding hydrogens is 388 g/mol. The third-order valence-electron chi connectivity index (χ3n) is 5.28. The van der Waals surface area contributed by atoms with E-state index in [4.69, 9.17) is 20.8 Å². The third kappa shape index (κ3) is 4.64. The Bertz CT molecular complexity index is 1030. The number of carbonyl (C=O) groups is 1. The first-order chi connectivity index (χ1) is 14.0. The monoisotopic (exact) mass is 412 g/mol. The van der Waals surface area contributed by atoms with Crippen LogP contribution in [0.15, 0.2) is 46.9 Å². The molecule has 1 amide bonds. The Hall–Kier alpha value is -2.34. The van der Waals surface area contributed by atoms with E-state index in [1.807, 2.05) is 25.1 Å². The normalized spacial score (nSPS) is 17.6. The number of nitrogens with one attached hydrogen (secondary N) is 1. The van der Waals surface area contributed by atoms with Crippen LogP contribution in [0.25, 0.3) is 11.0 Å². The number of halogens is 1. The Morgan fingerprint density at radius 1 is 1.24 bits per heavy atom. The predicted molar refractivity (Wildman–Crippen MR) is 114 cm³/mol. The molecule has 1 aliphatic rings. The lowest BCUT2D eigenvalue weighted by atomic mass is 10.1. The summed E-state index contributed by atoms with van der Waals surface area (Å²) in [6.45, 7) is 7.98. The number of carbonyl (C=O) groups excluding carboxylic acids is 1. The van der Waals surface area contributed by atoms with Crippen LogP contribution in [0.3, 0.4) is 0 Å². The van der Waals surface area contributed by atoms with Crippen LogP contribution < -0.4 is 5.32 Å². The highest BCUT2D eigenvalue weighted by Gasteiger charge is 2.18. The number of fused-ring (bicyclic) bond motifs is 1. The lowest BCUT2D eigenvalue weighted by Crippen LogP contribution is -2.40. The van der Waals surface area contributed by atoms with E-state index in [2.05, 4.69) is 29.3 Å². The number of furan rings is 1. The molecule has 6 heteroatoms. The van der Waals surface area contributed by atoms with Gasteiger partial charge in [-0.3, -0.25) is 9.69 Å². The Labute approximate surface area is 175 Å². The van der Waals surface area contributed by atoms with Crippen LogP contribution in [0.4, 0.5) is 0 Å². The molecule has 2 aromatic carbocycles. The predicted octanol–water partition coefficient (Wildman–Crippen LogP) is 4.55. The van der Waals surface area contributed by atoms with E-state index in [1.54, 1.807) is 12.1 Å². The summed E-state index contributed by atoms with van der Waals surface area (Å²) in [5, 5.41) is 4.46. The maximum absolute atomic E-state index is 12.7. The summed E-state index contributed by atoms with van der Waals surface area (Å²) in [5.41, 5.74) is 3.77. The van der Waals surface area contributed by atoms with Gasteiger partial charge in [0.05, 0.1) is 12.7 Å². The topological polar surface area (TPSA) is 54.7 Å². The molecule has 1 aromatic heterocycles. The number of morpholine rings is 1. The minimum absolute atomic E-state index is 0.220. The summed E-state index contributed by atoms with van der Waals surface area (Å²) in [7, 11) is 0. The Kier molecular flexibility index (Phi) is 5.90. The van der Waals surface area contributed by atoms with Crippen molar-refractivity contribution in [3.8, 4) is 0 Å². The number of benzene rings is 2. The van der Waals surface area contributed by atoms with Crippen molar-refractivity contribution in [3.63, 3.8) is 0 Å². The summed E-state index contributed by atoms with van der Waals surface area (Å²) in [6.07, 6.45) is 0.271. The first kappa shape index (κ1) is 20.0. The SMILES string of the molecule is Cc1c(C(=O)NCc2cccc(CN3CCOC(C)C3)c2)oc2ccc(Cl)cc12. The first-order valence-electron chi connectivity index (χ1n) is 9.88. The first-order valence-corrected chi connectivity index (χ1v) is 10.3. The summed E-state index contributed by atoms with van der Waals surface area (Å²) in [4.78, 5) is 15.1. The van der Waals surface area contributed by atoms with Gasteiger partial charge in [0, 0.05) is 42.2 Å². The highest BCUT2D eigenvalue weighted by molar-refractivity contribution is 6.31. The summed E-state index contributed by atoms with van der Waals surface area (Å²) >= 11 is 6.06. The van der Waals surface area contributed by atoms with Gasteiger partial charge in [-0.1, -0.05) is 35.9 Å². The Morgan fingerprint density at radius 3 is 2.90 bits per heavy atom. The lowest BCUT2D eigenvalue weighted by Gasteiger charge is -2.31. The Balaban J connectivity index is 1.41. The Morgan fingerprint density at radius 2 is 2.07 bits per heavy atom. The fraction of sp³-hybridized carbons (Fsp3) is 0.348. The fourth-order valence-electron chi connectivity index (χ4n) is 3.80. The molecular formula is C23H25ClN2O3. The molecule has 0 radical (unpaired) electrons. The van der Waals surface area contributed by atoms with Gasteiger partial charge in [0.2, 0.25) is 0 Å². The maximum Gasteiger partial charge on any atom is 0.287 e. The molecule has 0 aliphatic carbocycles. The zero-order valence-electron chi connectivity index (χ0n) is 16.7. The number of hydrogen-bond acceptors (Lipinski definition) is 4. The van der Waals surface area contributed by atoms with Crippen molar-refractivity contribution in [1.82, 2.24) is 10.2 Å². The van der Waals surface area contributed by atoms with Crippen molar-refractivity contribution in [2.45, 2.75) is 33.0 Å². The third-order valence-corrected chi connectivity index (χ3v) is 5.52. The van der Waals surface area contributed by atoms with Crippen molar-refractivity contribution < 1.29 is 13.9 Å². The molecule has 3 aromatic rings. The molecule has 0 bridgehead atoms. The number of amides is 1. The molecule has 0 spiro atoms. The molecule has 29 heavy (non-hydrogen) atoms.